The molecule has 0 unspecified atom stereocenters. The fourth-order valence-corrected chi connectivity index (χ4v) is 2.68. The third-order valence-corrected chi connectivity index (χ3v) is 3.99. The zero-order valence-electron chi connectivity index (χ0n) is 11.3. The molecule has 0 aliphatic carbocycles. The minimum absolute atomic E-state index is 0.116. The average molecular weight is 281 g/mol. The molecule has 0 aliphatic heterocycles. The summed E-state index contributed by atoms with van der Waals surface area (Å²) in [6, 6.07) is 17.0. The van der Waals surface area contributed by atoms with Crippen molar-refractivity contribution in [2.45, 2.75) is 17.7 Å². The lowest BCUT2D eigenvalue weighted by Gasteiger charge is -2.06. The molecule has 0 bridgehead atoms. The van der Waals surface area contributed by atoms with Crippen molar-refractivity contribution in [1.82, 2.24) is 0 Å². The molecule has 2 aromatic rings. The van der Waals surface area contributed by atoms with Crippen molar-refractivity contribution in [3.05, 3.63) is 65.2 Å². The van der Waals surface area contributed by atoms with Gasteiger partial charge in [-0.1, -0.05) is 30.3 Å². The van der Waals surface area contributed by atoms with Crippen LogP contribution in [0.5, 0.6) is 0 Å². The Balaban J connectivity index is 2.03. The summed E-state index contributed by atoms with van der Waals surface area (Å²) in [4.78, 5) is 13.3. The van der Waals surface area contributed by atoms with Crippen molar-refractivity contribution < 1.29 is 4.79 Å². The Kier molecular flexibility index (Phi) is 4.97. The van der Waals surface area contributed by atoms with Crippen LogP contribution in [-0.4, -0.2) is 12.0 Å². The Morgan fingerprint density at radius 3 is 2.50 bits per heavy atom. The molecule has 0 saturated carbocycles. The van der Waals surface area contributed by atoms with E-state index in [2.05, 4.69) is 18.2 Å². The number of nitrogens with zero attached hydrogens (tertiary/aromatic N) is 1. The van der Waals surface area contributed by atoms with Crippen LogP contribution in [-0.2, 0) is 6.42 Å². The van der Waals surface area contributed by atoms with E-state index in [1.165, 1.54) is 10.5 Å². The second-order valence-electron chi connectivity index (χ2n) is 4.42. The van der Waals surface area contributed by atoms with Crippen LogP contribution in [0.1, 0.15) is 27.9 Å². The van der Waals surface area contributed by atoms with E-state index < -0.39 is 0 Å². The van der Waals surface area contributed by atoms with Gasteiger partial charge in [-0.2, -0.15) is 5.26 Å². The zero-order chi connectivity index (χ0) is 14.4. The molecule has 0 saturated heterocycles. The highest BCUT2D eigenvalue weighted by atomic mass is 32.2. The Labute approximate surface area is 123 Å². The van der Waals surface area contributed by atoms with E-state index in [4.69, 9.17) is 5.26 Å². The second-order valence-corrected chi connectivity index (χ2v) is 5.27. The number of ketones is 1. The van der Waals surface area contributed by atoms with E-state index in [0.29, 0.717) is 17.5 Å². The third-order valence-electron chi connectivity index (χ3n) is 3.15. The number of hydrogen-bond donors (Lipinski definition) is 0. The van der Waals surface area contributed by atoms with Crippen LogP contribution >= 0.6 is 11.8 Å². The van der Waals surface area contributed by atoms with Gasteiger partial charge in [0.25, 0.3) is 0 Å². The summed E-state index contributed by atoms with van der Waals surface area (Å²) in [7, 11) is 0. The summed E-state index contributed by atoms with van der Waals surface area (Å²) in [5.41, 5.74) is 2.46. The van der Waals surface area contributed by atoms with Gasteiger partial charge in [-0.25, -0.2) is 0 Å². The van der Waals surface area contributed by atoms with Gasteiger partial charge >= 0.3 is 0 Å². The maximum absolute atomic E-state index is 12.1. The van der Waals surface area contributed by atoms with E-state index in [0.717, 1.165) is 6.42 Å². The van der Waals surface area contributed by atoms with E-state index >= 15 is 0 Å². The molecule has 2 nitrogen and oxygen atoms in total. The van der Waals surface area contributed by atoms with E-state index in [9.17, 15) is 4.79 Å². The fraction of sp³-hybridized carbons (Fsp3) is 0.176. The standard InChI is InChI=1S/C17H15NOS/c1-20-17-5-3-2-4-15(17)10-11-16(19)14-8-6-13(12-18)7-9-14/h2-9H,10-11H2,1H3. The molecule has 0 aliphatic rings. The van der Waals surface area contributed by atoms with Crippen molar-refractivity contribution in [2.24, 2.45) is 0 Å². The molecule has 100 valence electrons. The van der Waals surface area contributed by atoms with Crippen LogP contribution in [0.2, 0.25) is 0 Å². The van der Waals surface area contributed by atoms with Crippen LogP contribution in [0.3, 0.4) is 0 Å². The quantitative estimate of drug-likeness (QED) is 0.612. The molecule has 0 N–H and O–H groups in total. The molecule has 0 spiro atoms. The Morgan fingerprint density at radius 2 is 1.85 bits per heavy atom. The number of Topliss-reactive ketones (excluding diaryl/α,β-unsaturated/α-hetero) is 1. The smallest absolute Gasteiger partial charge is 0.163 e. The van der Waals surface area contributed by atoms with Gasteiger partial charge in [-0.3, -0.25) is 4.79 Å². The first-order chi connectivity index (χ1) is 9.74. The van der Waals surface area contributed by atoms with E-state index in [-0.39, 0.29) is 5.78 Å². The van der Waals surface area contributed by atoms with Crippen LogP contribution in [0.15, 0.2) is 53.4 Å². The van der Waals surface area contributed by atoms with Gasteiger partial charge in [-0.05, 0) is 36.4 Å². The molecule has 2 rings (SSSR count). The van der Waals surface area contributed by atoms with Gasteiger partial charge in [0.1, 0.15) is 0 Å². The molecule has 20 heavy (non-hydrogen) atoms. The maximum Gasteiger partial charge on any atom is 0.163 e. The number of nitriles is 1. The number of rotatable bonds is 5. The van der Waals surface area contributed by atoms with Crippen LogP contribution in [0, 0.1) is 11.3 Å². The van der Waals surface area contributed by atoms with Gasteiger partial charge in [0, 0.05) is 16.9 Å². The number of thioether (sulfide) groups is 1. The molecule has 2 aromatic carbocycles. The predicted octanol–water partition coefficient (Wildman–Crippen LogP) is 4.10. The Hall–Kier alpha value is -2.05. The number of carbonyl (C=O) groups is 1. The van der Waals surface area contributed by atoms with Gasteiger partial charge < -0.3 is 0 Å². The summed E-state index contributed by atoms with van der Waals surface area (Å²) in [5, 5.41) is 8.74. The highest BCUT2D eigenvalue weighted by Gasteiger charge is 2.08. The first-order valence-electron chi connectivity index (χ1n) is 6.40. The summed E-state index contributed by atoms with van der Waals surface area (Å²) in [6.07, 6.45) is 3.28. The van der Waals surface area contributed by atoms with Crippen molar-refractivity contribution >= 4 is 17.5 Å². The molecule has 0 fully saturated rings. The minimum Gasteiger partial charge on any atom is -0.294 e. The highest BCUT2D eigenvalue weighted by Crippen LogP contribution is 2.21. The third kappa shape index (κ3) is 3.49. The minimum atomic E-state index is 0.116. The zero-order valence-corrected chi connectivity index (χ0v) is 12.1. The number of hydrogen-bond acceptors (Lipinski definition) is 3. The van der Waals surface area contributed by atoms with Gasteiger partial charge in [0.2, 0.25) is 0 Å². The lowest BCUT2D eigenvalue weighted by molar-refractivity contribution is 0.0982. The number of aryl methyl sites for hydroxylation is 1. The van der Waals surface area contributed by atoms with Crippen LogP contribution < -0.4 is 0 Å². The summed E-state index contributed by atoms with van der Waals surface area (Å²) in [5.74, 6) is 0.116. The molecule has 0 radical (unpaired) electrons. The van der Waals surface area contributed by atoms with Crippen molar-refractivity contribution in [2.75, 3.05) is 6.26 Å². The number of carbonyl (C=O) groups excluding carboxylic acids is 1. The summed E-state index contributed by atoms with van der Waals surface area (Å²) >= 11 is 1.70. The molecule has 0 aromatic heterocycles. The average Bonchev–Trinajstić information content (AvgIpc) is 2.53. The predicted molar refractivity (Wildman–Crippen MR) is 82.0 cm³/mol. The Bertz CT molecular complexity index is 641. The topological polar surface area (TPSA) is 40.9 Å². The van der Waals surface area contributed by atoms with Crippen LogP contribution in [0.25, 0.3) is 0 Å². The summed E-state index contributed by atoms with van der Waals surface area (Å²) in [6.45, 7) is 0. The SMILES string of the molecule is CSc1ccccc1CCC(=O)c1ccc(C#N)cc1. The molecule has 0 atom stereocenters. The van der Waals surface area contributed by atoms with Gasteiger partial charge in [0.15, 0.2) is 5.78 Å². The molecule has 3 heteroatoms. The van der Waals surface area contributed by atoms with Crippen LogP contribution in [0.4, 0.5) is 0 Å². The lowest BCUT2D eigenvalue weighted by Crippen LogP contribution is -2.01. The first kappa shape index (κ1) is 14.4. The van der Waals surface area contributed by atoms with E-state index in [1.54, 1.807) is 36.0 Å². The fourth-order valence-electron chi connectivity index (χ4n) is 2.03. The molecule has 0 amide bonds. The molecular weight excluding hydrogens is 266 g/mol. The van der Waals surface area contributed by atoms with Crippen molar-refractivity contribution in [3.8, 4) is 6.07 Å². The molecular formula is C17H15NOS. The van der Waals surface area contributed by atoms with Crippen molar-refractivity contribution in [3.63, 3.8) is 0 Å². The normalized spacial score (nSPS) is 10.0. The lowest BCUT2D eigenvalue weighted by atomic mass is 10.0. The maximum atomic E-state index is 12.1. The second kappa shape index (κ2) is 6.93. The van der Waals surface area contributed by atoms with E-state index in [1.807, 2.05) is 18.4 Å². The van der Waals surface area contributed by atoms with Gasteiger partial charge in [0.05, 0.1) is 11.6 Å². The largest absolute Gasteiger partial charge is 0.294 e. The monoisotopic (exact) mass is 281 g/mol. The summed E-state index contributed by atoms with van der Waals surface area (Å²) < 4.78 is 0. The number of benzene rings is 2. The Morgan fingerprint density at radius 1 is 1.15 bits per heavy atom. The van der Waals surface area contributed by atoms with Gasteiger partial charge in [-0.15, -0.1) is 11.8 Å². The van der Waals surface area contributed by atoms with Crippen molar-refractivity contribution in [1.29, 1.82) is 5.26 Å². The molecule has 0 heterocycles. The highest BCUT2D eigenvalue weighted by molar-refractivity contribution is 7.98. The first-order valence-corrected chi connectivity index (χ1v) is 7.62.